The highest BCUT2D eigenvalue weighted by Crippen LogP contribution is 2.52. The molecule has 0 unspecified atom stereocenters. The van der Waals surface area contributed by atoms with Gasteiger partial charge >= 0.3 is 0 Å². The van der Waals surface area contributed by atoms with E-state index in [9.17, 15) is 0 Å². The van der Waals surface area contributed by atoms with Gasteiger partial charge in [-0.3, -0.25) is 0 Å². The van der Waals surface area contributed by atoms with Gasteiger partial charge in [-0.1, -0.05) is 97.1 Å². The van der Waals surface area contributed by atoms with Crippen LogP contribution in [0, 0.1) is 69.2 Å². The molecule has 0 N–H and O–H groups in total. The van der Waals surface area contributed by atoms with Gasteiger partial charge < -0.3 is 18.6 Å². The average molecular weight is 857 g/mol. The number of hydrogen-bond donors (Lipinski definition) is 0. The Balaban J connectivity index is 1.17. The van der Waals surface area contributed by atoms with Crippen molar-refractivity contribution in [1.29, 1.82) is 0 Å². The highest BCUT2D eigenvalue weighted by atomic mass is 16.3. The van der Waals surface area contributed by atoms with E-state index in [1.54, 1.807) is 0 Å². The molecule has 12 rings (SSSR count). The van der Waals surface area contributed by atoms with Gasteiger partial charge in [0, 0.05) is 43.7 Å². The number of furan rings is 2. The van der Waals surface area contributed by atoms with Crippen LogP contribution in [0.25, 0.3) is 76.2 Å². The Hall–Kier alpha value is -7.56. The van der Waals surface area contributed by atoms with Crippen molar-refractivity contribution in [2.24, 2.45) is 0 Å². The number of fused-ring (bicyclic) bond motifs is 6. The summed E-state index contributed by atoms with van der Waals surface area (Å²) in [5.74, 6) is 0. The lowest BCUT2D eigenvalue weighted by Gasteiger charge is -2.31. The van der Waals surface area contributed by atoms with Crippen LogP contribution in [-0.2, 0) is 0 Å². The van der Waals surface area contributed by atoms with Crippen LogP contribution < -0.4 is 9.80 Å². The van der Waals surface area contributed by atoms with Crippen molar-refractivity contribution in [3.8, 4) is 0 Å². The molecule has 0 spiro atoms. The average Bonchev–Trinajstić information content (AvgIpc) is 3.89. The Morgan fingerprint density at radius 3 is 1.05 bits per heavy atom. The molecule has 322 valence electrons. The maximum absolute atomic E-state index is 6.99. The summed E-state index contributed by atoms with van der Waals surface area (Å²) in [6.45, 7) is 22.1. The molecule has 12 aromatic rings. The molecule has 0 bridgehead atoms. The summed E-state index contributed by atoms with van der Waals surface area (Å²) in [5.41, 5.74) is 22.4. The lowest BCUT2D eigenvalue weighted by molar-refractivity contribution is 0.665. The van der Waals surface area contributed by atoms with E-state index in [-0.39, 0.29) is 0 Å². The van der Waals surface area contributed by atoms with Crippen molar-refractivity contribution in [2.75, 3.05) is 9.80 Å². The number of benzene rings is 10. The van der Waals surface area contributed by atoms with Gasteiger partial charge in [-0.15, -0.1) is 0 Å². The molecule has 0 atom stereocenters. The highest BCUT2D eigenvalue weighted by molar-refractivity contribution is 6.29. The second kappa shape index (κ2) is 14.5. The van der Waals surface area contributed by atoms with Crippen LogP contribution in [0.2, 0.25) is 0 Å². The fourth-order valence-corrected chi connectivity index (χ4v) is 11.0. The fourth-order valence-electron chi connectivity index (χ4n) is 11.0. The monoisotopic (exact) mass is 856 g/mol. The third-order valence-corrected chi connectivity index (χ3v) is 15.0. The van der Waals surface area contributed by atoms with Gasteiger partial charge in [-0.05, 0) is 183 Å². The topological polar surface area (TPSA) is 32.8 Å². The molecule has 0 amide bonds. The number of aryl methyl sites for hydroxylation is 8. The third kappa shape index (κ3) is 5.70. The Kier molecular flexibility index (Phi) is 8.77. The quantitative estimate of drug-likeness (QED) is 0.156. The smallest absolute Gasteiger partial charge is 0.159 e. The first-order valence-corrected chi connectivity index (χ1v) is 23.2. The van der Waals surface area contributed by atoms with Crippen LogP contribution in [0.15, 0.2) is 142 Å². The summed E-state index contributed by atoms with van der Waals surface area (Å²) < 4.78 is 14.0. The molecule has 2 heterocycles. The van der Waals surface area contributed by atoms with E-state index < -0.39 is 0 Å². The van der Waals surface area contributed by atoms with Crippen molar-refractivity contribution in [1.82, 2.24) is 0 Å². The largest absolute Gasteiger partial charge is 0.454 e. The summed E-state index contributed by atoms with van der Waals surface area (Å²) in [5, 5.41) is 11.8. The summed E-state index contributed by atoms with van der Waals surface area (Å²) in [6, 6.07) is 49.8. The first kappa shape index (κ1) is 40.0. The first-order chi connectivity index (χ1) is 31.9. The molecule has 0 aliphatic carbocycles. The highest BCUT2D eigenvalue weighted by Gasteiger charge is 2.28. The zero-order chi connectivity index (χ0) is 45.4. The molecule has 0 saturated heterocycles. The van der Waals surface area contributed by atoms with E-state index in [0.717, 1.165) is 100 Å². The number of anilines is 6. The zero-order valence-corrected chi connectivity index (χ0v) is 39.4. The second-order valence-electron chi connectivity index (χ2n) is 19.0. The fraction of sp³-hybridized carbons (Fsp3) is 0.161. The van der Waals surface area contributed by atoms with E-state index in [2.05, 4.69) is 212 Å². The standard InChI is InChI=1S/C62H52N2O2/c1-33-17-23-49-47-15-11-13-35(3)59(47)65-61(49)57(33)63(45-29-37(5)41(9)38(6)30-45)53-27-21-43-20-26-52-54(28-22-44-19-25-51(53)55(43)56(44)52)64(46-31-39(7)42(10)40(8)32-46)58-34(2)18-24-50-48-16-12-14-36(4)60(48)66-62(50)58/h11-32H,1-10H3. The van der Waals surface area contributed by atoms with Gasteiger partial charge in [-0.2, -0.15) is 0 Å². The zero-order valence-electron chi connectivity index (χ0n) is 39.4. The van der Waals surface area contributed by atoms with Gasteiger partial charge in [0.2, 0.25) is 0 Å². The van der Waals surface area contributed by atoms with E-state index >= 15 is 0 Å². The Morgan fingerprint density at radius 2 is 0.652 bits per heavy atom. The van der Waals surface area contributed by atoms with Gasteiger partial charge in [0.05, 0.1) is 22.7 Å². The molecule has 10 aromatic carbocycles. The molecule has 0 aliphatic heterocycles. The van der Waals surface area contributed by atoms with E-state index in [1.807, 2.05) is 0 Å². The van der Waals surface area contributed by atoms with Crippen molar-refractivity contribution in [3.63, 3.8) is 0 Å². The van der Waals surface area contributed by atoms with Crippen LogP contribution >= 0.6 is 0 Å². The Labute approximate surface area is 385 Å². The van der Waals surface area contributed by atoms with Gasteiger partial charge in [-0.25, -0.2) is 0 Å². The first-order valence-electron chi connectivity index (χ1n) is 23.2. The van der Waals surface area contributed by atoms with E-state index in [4.69, 9.17) is 8.83 Å². The minimum absolute atomic E-state index is 0.896. The predicted molar refractivity (Wildman–Crippen MR) is 281 cm³/mol. The Morgan fingerprint density at radius 1 is 0.303 bits per heavy atom. The van der Waals surface area contributed by atoms with Crippen LogP contribution in [0.1, 0.15) is 55.6 Å². The predicted octanol–water partition coefficient (Wildman–Crippen LogP) is 18.4. The van der Waals surface area contributed by atoms with Crippen molar-refractivity contribution in [3.05, 3.63) is 189 Å². The maximum Gasteiger partial charge on any atom is 0.159 e. The van der Waals surface area contributed by atoms with Crippen molar-refractivity contribution >= 4 is 110 Å². The van der Waals surface area contributed by atoms with E-state index in [0.29, 0.717) is 0 Å². The summed E-state index contributed by atoms with van der Waals surface area (Å²) in [7, 11) is 0. The molecule has 4 nitrogen and oxygen atoms in total. The third-order valence-electron chi connectivity index (χ3n) is 15.0. The molecule has 0 radical (unpaired) electrons. The SMILES string of the molecule is Cc1cc(N(c2ccc3ccc4c(N(c5cc(C)c(C)c(C)c5)c5c(C)ccc6c5oc5c(C)cccc56)ccc5ccc2c3c54)c2c(C)ccc3c2oc2c(C)cccc23)cc(C)c1C. The summed E-state index contributed by atoms with van der Waals surface area (Å²) >= 11 is 0. The van der Waals surface area contributed by atoms with Gasteiger partial charge in [0.25, 0.3) is 0 Å². The van der Waals surface area contributed by atoms with Crippen molar-refractivity contribution in [2.45, 2.75) is 69.2 Å². The van der Waals surface area contributed by atoms with Gasteiger partial charge in [0.1, 0.15) is 11.2 Å². The van der Waals surface area contributed by atoms with Crippen molar-refractivity contribution < 1.29 is 8.83 Å². The molecule has 0 fully saturated rings. The number of rotatable bonds is 6. The summed E-state index contributed by atoms with van der Waals surface area (Å²) in [4.78, 5) is 4.94. The number of hydrogen-bond acceptors (Lipinski definition) is 4. The van der Waals surface area contributed by atoms with E-state index in [1.165, 1.54) is 65.7 Å². The number of nitrogens with zero attached hydrogens (tertiary/aromatic N) is 2. The second-order valence-corrected chi connectivity index (χ2v) is 19.0. The molecule has 2 aromatic heterocycles. The Bertz CT molecular complexity index is 3700. The molecular weight excluding hydrogens is 805 g/mol. The van der Waals surface area contributed by atoms with Gasteiger partial charge in [0.15, 0.2) is 11.2 Å². The molecule has 4 heteroatoms. The number of para-hydroxylation sites is 2. The molecule has 66 heavy (non-hydrogen) atoms. The lowest BCUT2D eigenvalue weighted by atomic mass is 9.91. The minimum Gasteiger partial charge on any atom is -0.454 e. The van der Waals surface area contributed by atoms with Crippen LogP contribution in [0.3, 0.4) is 0 Å². The van der Waals surface area contributed by atoms with Crippen LogP contribution in [0.5, 0.6) is 0 Å². The molecule has 0 saturated carbocycles. The summed E-state index contributed by atoms with van der Waals surface area (Å²) in [6.07, 6.45) is 0. The normalized spacial score (nSPS) is 12.1. The van der Waals surface area contributed by atoms with Crippen LogP contribution in [0.4, 0.5) is 34.1 Å². The lowest BCUT2D eigenvalue weighted by Crippen LogP contribution is -2.14. The molecular formula is C62H52N2O2. The van der Waals surface area contributed by atoms with Crippen LogP contribution in [-0.4, -0.2) is 0 Å². The minimum atomic E-state index is 0.896. The maximum atomic E-state index is 6.99. The molecule has 0 aliphatic rings.